The first-order valence-corrected chi connectivity index (χ1v) is 3.14. The average molecular weight is 198 g/mol. The van der Waals surface area contributed by atoms with Gasteiger partial charge in [0.2, 0.25) is 0 Å². The van der Waals surface area contributed by atoms with Crippen LogP contribution in [0.25, 0.3) is 0 Å². The summed E-state index contributed by atoms with van der Waals surface area (Å²) in [5.41, 5.74) is 5.12. The zero-order valence-corrected chi connectivity index (χ0v) is 7.63. The Morgan fingerprint density at radius 1 is 1.42 bits per heavy atom. The molecule has 0 aliphatic carbocycles. The van der Waals surface area contributed by atoms with Gasteiger partial charge in [0.25, 0.3) is 0 Å². The smallest absolute Gasteiger partial charge is 0.344 e. The van der Waals surface area contributed by atoms with Crippen LogP contribution < -0.4 is 5.73 Å². The number of carboxylic acids is 1. The average Bonchev–Trinajstić information content (AvgIpc) is 1.87. The van der Waals surface area contributed by atoms with Crippen LogP contribution in [0.4, 0.5) is 0 Å². The molecule has 0 aromatic heterocycles. The number of nitrogens with two attached hydrogens (primary N) is 1. The Kier molecular flexibility index (Phi) is 6.64. The summed E-state index contributed by atoms with van der Waals surface area (Å²) >= 11 is 0. The van der Waals surface area contributed by atoms with Crippen molar-refractivity contribution in [2.24, 2.45) is 5.73 Å². The second-order valence-corrected chi connectivity index (χ2v) is 2.21. The number of ether oxygens (including phenoxy) is 1. The molecule has 0 aliphatic heterocycles. The van der Waals surface area contributed by atoms with Crippen molar-refractivity contribution in [1.29, 1.82) is 0 Å². The molecular weight excluding hydrogens is 186 g/mol. The van der Waals surface area contributed by atoms with Crippen LogP contribution >= 0.6 is 12.4 Å². The number of carbonyl (C=O) groups excluding carboxylic acids is 1. The molecule has 0 fully saturated rings. The van der Waals surface area contributed by atoms with Crippen molar-refractivity contribution >= 4 is 24.3 Å². The van der Waals surface area contributed by atoms with E-state index >= 15 is 0 Å². The highest BCUT2D eigenvalue weighted by molar-refractivity contribution is 5.85. The van der Waals surface area contributed by atoms with Gasteiger partial charge < -0.3 is 15.6 Å². The van der Waals surface area contributed by atoms with Gasteiger partial charge in [-0.25, -0.2) is 4.79 Å². The molecule has 0 saturated heterocycles. The van der Waals surface area contributed by atoms with E-state index < -0.39 is 24.1 Å². The van der Waals surface area contributed by atoms with Gasteiger partial charge in [-0.15, -0.1) is 12.4 Å². The molecule has 0 saturated carbocycles. The molecule has 0 unspecified atom stereocenters. The highest BCUT2D eigenvalue weighted by Crippen LogP contribution is 1.93. The summed E-state index contributed by atoms with van der Waals surface area (Å²) < 4.78 is 4.41. The lowest BCUT2D eigenvalue weighted by molar-refractivity contribution is -0.163. The molecular formula is C6H12ClNO4. The number of hydrogen-bond acceptors (Lipinski definition) is 4. The van der Waals surface area contributed by atoms with Crippen LogP contribution in [0.1, 0.15) is 13.8 Å². The van der Waals surface area contributed by atoms with Crippen LogP contribution in [0, 0.1) is 0 Å². The molecule has 2 atom stereocenters. The topological polar surface area (TPSA) is 89.6 Å². The normalized spacial score (nSPS) is 13.9. The van der Waals surface area contributed by atoms with Crippen LogP contribution in [-0.4, -0.2) is 29.2 Å². The molecule has 0 aromatic carbocycles. The third-order valence-electron chi connectivity index (χ3n) is 1.01. The standard InChI is InChI=1S/C6H11NO4.ClH/c1-3(7)6(10)11-4(2)5(8)9;/h3-4H,7H2,1-2H3,(H,8,9);1H/t3-,4-;/m1./s1. The molecule has 0 radical (unpaired) electrons. The van der Waals surface area contributed by atoms with E-state index in [1.165, 1.54) is 13.8 Å². The van der Waals surface area contributed by atoms with Gasteiger partial charge >= 0.3 is 11.9 Å². The predicted octanol–water partition coefficient (Wildman–Crippen LogP) is -0.228. The third-order valence-corrected chi connectivity index (χ3v) is 1.01. The van der Waals surface area contributed by atoms with Crippen molar-refractivity contribution in [2.75, 3.05) is 0 Å². The van der Waals surface area contributed by atoms with Gasteiger partial charge in [-0.3, -0.25) is 4.79 Å². The van der Waals surface area contributed by atoms with Crippen LogP contribution in [0.3, 0.4) is 0 Å². The summed E-state index contributed by atoms with van der Waals surface area (Å²) in [5, 5.41) is 8.29. The van der Waals surface area contributed by atoms with Crippen molar-refractivity contribution in [3.05, 3.63) is 0 Å². The van der Waals surface area contributed by atoms with Crippen LogP contribution in [0.15, 0.2) is 0 Å². The first kappa shape index (κ1) is 13.8. The van der Waals surface area contributed by atoms with Gasteiger partial charge in [0.15, 0.2) is 6.10 Å². The van der Waals surface area contributed by atoms with E-state index in [4.69, 9.17) is 10.8 Å². The lowest BCUT2D eigenvalue weighted by atomic mass is 10.3. The predicted molar refractivity (Wildman–Crippen MR) is 44.1 cm³/mol. The molecule has 5 nitrogen and oxygen atoms in total. The van der Waals surface area contributed by atoms with E-state index in [0.29, 0.717) is 0 Å². The van der Waals surface area contributed by atoms with Crippen molar-refractivity contribution < 1.29 is 19.4 Å². The van der Waals surface area contributed by atoms with Gasteiger partial charge in [-0.05, 0) is 13.8 Å². The number of carbonyl (C=O) groups is 2. The van der Waals surface area contributed by atoms with Gasteiger partial charge in [0.05, 0.1) is 0 Å². The molecule has 0 aromatic rings. The molecule has 6 heteroatoms. The summed E-state index contributed by atoms with van der Waals surface area (Å²) in [5.74, 6) is -1.89. The van der Waals surface area contributed by atoms with E-state index in [1.807, 2.05) is 0 Å². The number of rotatable bonds is 3. The third kappa shape index (κ3) is 4.92. The molecule has 0 amide bonds. The summed E-state index contributed by atoms with van der Waals surface area (Å²) in [6, 6.07) is -0.781. The van der Waals surface area contributed by atoms with Gasteiger partial charge in [0.1, 0.15) is 6.04 Å². The van der Waals surface area contributed by atoms with E-state index in [9.17, 15) is 9.59 Å². The van der Waals surface area contributed by atoms with Crippen LogP contribution in [0.2, 0.25) is 0 Å². The molecule has 3 N–H and O–H groups in total. The lowest BCUT2D eigenvalue weighted by Crippen LogP contribution is -2.34. The Labute approximate surface area is 76.3 Å². The fourth-order valence-electron chi connectivity index (χ4n) is 0.332. The van der Waals surface area contributed by atoms with E-state index in [2.05, 4.69) is 4.74 Å². The second kappa shape index (κ2) is 5.79. The molecule has 0 heterocycles. The van der Waals surface area contributed by atoms with Crippen LogP contribution in [0.5, 0.6) is 0 Å². The molecule has 0 aliphatic rings. The summed E-state index contributed by atoms with van der Waals surface area (Å²) in [7, 11) is 0. The maximum atomic E-state index is 10.6. The van der Waals surface area contributed by atoms with Crippen molar-refractivity contribution in [3.8, 4) is 0 Å². The van der Waals surface area contributed by atoms with Crippen molar-refractivity contribution in [2.45, 2.75) is 26.0 Å². The van der Waals surface area contributed by atoms with Crippen molar-refractivity contribution in [1.82, 2.24) is 0 Å². The fraction of sp³-hybridized carbons (Fsp3) is 0.667. The lowest BCUT2D eigenvalue weighted by Gasteiger charge is -2.09. The summed E-state index contributed by atoms with van der Waals surface area (Å²) in [4.78, 5) is 20.8. The molecule has 0 spiro atoms. The largest absolute Gasteiger partial charge is 0.479 e. The van der Waals surface area contributed by atoms with Gasteiger partial charge in [0, 0.05) is 0 Å². The van der Waals surface area contributed by atoms with Gasteiger partial charge in [-0.1, -0.05) is 0 Å². The minimum absolute atomic E-state index is 0. The first-order chi connectivity index (χ1) is 4.95. The highest BCUT2D eigenvalue weighted by atomic mass is 35.5. The van der Waals surface area contributed by atoms with E-state index in [0.717, 1.165) is 0 Å². The molecule has 72 valence electrons. The zero-order valence-electron chi connectivity index (χ0n) is 6.81. The minimum Gasteiger partial charge on any atom is -0.479 e. The zero-order chi connectivity index (χ0) is 9.02. The monoisotopic (exact) mass is 197 g/mol. The minimum atomic E-state index is -1.18. The Morgan fingerprint density at radius 3 is 2.08 bits per heavy atom. The molecule has 12 heavy (non-hydrogen) atoms. The Bertz CT molecular complexity index is 171. The SMILES string of the molecule is C[C@@H](N)C(=O)O[C@H](C)C(=O)O.Cl. The van der Waals surface area contributed by atoms with Crippen LogP contribution in [-0.2, 0) is 14.3 Å². The Morgan fingerprint density at radius 2 is 1.83 bits per heavy atom. The molecule has 0 rings (SSSR count). The highest BCUT2D eigenvalue weighted by Gasteiger charge is 2.18. The maximum absolute atomic E-state index is 10.6. The maximum Gasteiger partial charge on any atom is 0.344 e. The Balaban J connectivity index is 0. The first-order valence-electron chi connectivity index (χ1n) is 3.14. The number of carboxylic acid groups (broad SMARTS) is 1. The summed E-state index contributed by atoms with van der Waals surface area (Å²) in [6.45, 7) is 2.69. The number of esters is 1. The molecule has 0 bridgehead atoms. The fourth-order valence-corrected chi connectivity index (χ4v) is 0.332. The van der Waals surface area contributed by atoms with Crippen molar-refractivity contribution in [3.63, 3.8) is 0 Å². The van der Waals surface area contributed by atoms with Gasteiger partial charge in [-0.2, -0.15) is 0 Å². The number of hydrogen-bond donors (Lipinski definition) is 2. The second-order valence-electron chi connectivity index (χ2n) is 2.21. The quantitative estimate of drug-likeness (QED) is 0.610. The number of halogens is 1. The Hall–Kier alpha value is -0.810. The van der Waals surface area contributed by atoms with E-state index in [-0.39, 0.29) is 12.4 Å². The summed E-state index contributed by atoms with van der Waals surface area (Å²) in [6.07, 6.45) is -1.13. The van der Waals surface area contributed by atoms with E-state index in [1.54, 1.807) is 0 Å². The number of aliphatic carboxylic acids is 1.